The number of aliphatic hydroxyl groups excluding tert-OH is 1. The summed E-state index contributed by atoms with van der Waals surface area (Å²) in [6.45, 7) is 6.27. The standard InChI is InChI=1S/C24H26O2/c1-4-7-18-14-19(10-8-16(18)5-2)20-11-9-17(6-3)21(15-20)24-22(25)12-13-23(24)26/h5,7-11,14-15,25H,4,6,12-13H2,1-3H3/b16-5-,18-7-. The molecular weight excluding hydrogens is 320 g/mol. The van der Waals surface area contributed by atoms with Crippen molar-refractivity contribution < 1.29 is 9.90 Å². The maximum absolute atomic E-state index is 12.3. The first-order valence-electron chi connectivity index (χ1n) is 9.44. The van der Waals surface area contributed by atoms with Gasteiger partial charge in [-0.05, 0) is 64.6 Å². The Morgan fingerprint density at radius 2 is 1.73 bits per heavy atom. The minimum Gasteiger partial charge on any atom is -0.512 e. The van der Waals surface area contributed by atoms with Gasteiger partial charge in [0.05, 0.1) is 5.57 Å². The van der Waals surface area contributed by atoms with Crippen molar-refractivity contribution in [1.82, 2.24) is 0 Å². The van der Waals surface area contributed by atoms with E-state index < -0.39 is 0 Å². The van der Waals surface area contributed by atoms with Crippen LogP contribution in [0.15, 0.2) is 42.2 Å². The van der Waals surface area contributed by atoms with Crippen molar-refractivity contribution >= 4 is 23.5 Å². The summed E-state index contributed by atoms with van der Waals surface area (Å²) in [5.74, 6) is 0.281. The van der Waals surface area contributed by atoms with E-state index in [9.17, 15) is 9.90 Å². The number of rotatable bonds is 4. The Labute approximate surface area is 155 Å². The molecule has 3 rings (SSSR count). The molecule has 0 radical (unpaired) electrons. The Hall–Kier alpha value is -2.61. The van der Waals surface area contributed by atoms with Gasteiger partial charge < -0.3 is 5.11 Å². The molecule has 1 aliphatic rings. The van der Waals surface area contributed by atoms with Crippen LogP contribution in [0.25, 0.3) is 28.9 Å². The van der Waals surface area contributed by atoms with Crippen LogP contribution in [0.5, 0.6) is 0 Å². The number of aryl methyl sites for hydroxylation is 1. The second-order valence-corrected chi connectivity index (χ2v) is 6.72. The fraction of sp³-hybridized carbons (Fsp3) is 0.292. The van der Waals surface area contributed by atoms with Gasteiger partial charge in [-0.25, -0.2) is 0 Å². The van der Waals surface area contributed by atoms with Crippen LogP contribution >= 0.6 is 0 Å². The number of allylic oxidation sites excluding steroid dienone is 2. The highest BCUT2D eigenvalue weighted by Crippen LogP contribution is 2.34. The first kappa shape index (κ1) is 18.2. The molecular formula is C24H26O2. The van der Waals surface area contributed by atoms with Gasteiger partial charge in [-0.2, -0.15) is 0 Å². The van der Waals surface area contributed by atoms with Gasteiger partial charge >= 0.3 is 0 Å². The van der Waals surface area contributed by atoms with E-state index >= 15 is 0 Å². The maximum atomic E-state index is 12.3. The molecule has 0 spiro atoms. The zero-order valence-corrected chi connectivity index (χ0v) is 15.8. The van der Waals surface area contributed by atoms with Crippen LogP contribution in [0.3, 0.4) is 0 Å². The summed E-state index contributed by atoms with van der Waals surface area (Å²) in [6.07, 6.45) is 7.03. The Morgan fingerprint density at radius 3 is 2.35 bits per heavy atom. The van der Waals surface area contributed by atoms with Gasteiger partial charge in [0.2, 0.25) is 0 Å². The van der Waals surface area contributed by atoms with E-state index in [2.05, 4.69) is 69.3 Å². The van der Waals surface area contributed by atoms with Gasteiger partial charge in [0, 0.05) is 12.8 Å². The first-order chi connectivity index (χ1) is 12.6. The Bertz CT molecular complexity index is 993. The largest absolute Gasteiger partial charge is 0.512 e. The average Bonchev–Trinajstić information content (AvgIpc) is 2.99. The van der Waals surface area contributed by atoms with Crippen LogP contribution in [0.1, 0.15) is 51.2 Å². The molecule has 0 bridgehead atoms. The van der Waals surface area contributed by atoms with E-state index in [0.29, 0.717) is 18.4 Å². The van der Waals surface area contributed by atoms with Crippen molar-refractivity contribution in [3.8, 4) is 11.1 Å². The average molecular weight is 346 g/mol. The van der Waals surface area contributed by atoms with Crippen LogP contribution in [-0.4, -0.2) is 10.9 Å². The van der Waals surface area contributed by atoms with Crippen LogP contribution in [0.4, 0.5) is 0 Å². The third kappa shape index (κ3) is 3.37. The molecule has 134 valence electrons. The van der Waals surface area contributed by atoms with E-state index in [1.165, 1.54) is 10.4 Å². The second-order valence-electron chi connectivity index (χ2n) is 6.72. The second kappa shape index (κ2) is 7.74. The molecule has 0 aromatic heterocycles. The molecule has 0 saturated carbocycles. The molecule has 0 aliphatic heterocycles. The molecule has 2 nitrogen and oxygen atoms in total. The number of carbonyl (C=O) groups excluding carboxylic acids is 1. The van der Waals surface area contributed by atoms with E-state index in [0.717, 1.165) is 35.1 Å². The fourth-order valence-corrected chi connectivity index (χ4v) is 3.66. The number of hydrogen-bond donors (Lipinski definition) is 1. The first-order valence-corrected chi connectivity index (χ1v) is 9.44. The summed E-state index contributed by atoms with van der Waals surface area (Å²) in [5, 5.41) is 12.7. The summed E-state index contributed by atoms with van der Waals surface area (Å²) >= 11 is 0. The van der Waals surface area contributed by atoms with Crippen molar-refractivity contribution in [3.63, 3.8) is 0 Å². The van der Waals surface area contributed by atoms with E-state index in [-0.39, 0.29) is 11.5 Å². The van der Waals surface area contributed by atoms with Crippen molar-refractivity contribution in [1.29, 1.82) is 0 Å². The minimum atomic E-state index is 0.0466. The maximum Gasteiger partial charge on any atom is 0.167 e. The quantitative estimate of drug-likeness (QED) is 0.882. The Morgan fingerprint density at radius 1 is 1.00 bits per heavy atom. The van der Waals surface area contributed by atoms with E-state index in [4.69, 9.17) is 0 Å². The van der Waals surface area contributed by atoms with Crippen molar-refractivity contribution in [2.24, 2.45) is 0 Å². The molecule has 26 heavy (non-hydrogen) atoms. The summed E-state index contributed by atoms with van der Waals surface area (Å²) < 4.78 is 0. The van der Waals surface area contributed by atoms with Gasteiger partial charge in [0.15, 0.2) is 5.78 Å². The third-order valence-corrected chi connectivity index (χ3v) is 5.07. The molecule has 2 heteroatoms. The number of aliphatic hydroxyl groups is 1. The van der Waals surface area contributed by atoms with Gasteiger partial charge in [-0.1, -0.05) is 50.3 Å². The number of benzene rings is 2. The summed E-state index contributed by atoms with van der Waals surface area (Å²) in [7, 11) is 0. The molecule has 0 fully saturated rings. The number of hydrogen-bond acceptors (Lipinski definition) is 2. The summed E-state index contributed by atoms with van der Waals surface area (Å²) in [4.78, 5) is 12.3. The lowest BCUT2D eigenvalue weighted by molar-refractivity contribution is -0.113. The molecule has 0 amide bonds. The van der Waals surface area contributed by atoms with Crippen molar-refractivity contribution in [2.45, 2.75) is 46.5 Å². The highest BCUT2D eigenvalue weighted by atomic mass is 16.3. The van der Waals surface area contributed by atoms with Gasteiger partial charge in [-0.3, -0.25) is 4.79 Å². The predicted molar refractivity (Wildman–Crippen MR) is 109 cm³/mol. The molecule has 2 aromatic carbocycles. The summed E-state index contributed by atoms with van der Waals surface area (Å²) in [6, 6.07) is 12.7. The summed E-state index contributed by atoms with van der Waals surface area (Å²) in [5.41, 5.74) is 4.71. The molecule has 0 unspecified atom stereocenters. The van der Waals surface area contributed by atoms with Gasteiger partial charge in [0.25, 0.3) is 0 Å². The van der Waals surface area contributed by atoms with Crippen LogP contribution in [0, 0.1) is 0 Å². The third-order valence-electron chi connectivity index (χ3n) is 5.07. The molecule has 1 N–H and O–H groups in total. The Balaban J connectivity index is 2.18. The zero-order chi connectivity index (χ0) is 18.7. The normalized spacial score (nSPS) is 16.0. The van der Waals surface area contributed by atoms with Crippen LogP contribution < -0.4 is 10.4 Å². The lowest BCUT2D eigenvalue weighted by atomic mass is 9.92. The van der Waals surface area contributed by atoms with Crippen LogP contribution in [-0.2, 0) is 11.2 Å². The predicted octanol–water partition coefficient (Wildman–Crippen LogP) is 4.54. The van der Waals surface area contributed by atoms with E-state index in [1.54, 1.807) is 0 Å². The number of Topliss-reactive ketones (excluding diaryl/α,β-unsaturated/α-hetero) is 1. The SMILES string of the molecule is C/C=c1/ccc(-c2ccc(CC)c(C3=C(O)CCC3=O)c2)c/c1=C/CC. The van der Waals surface area contributed by atoms with Crippen molar-refractivity contribution in [2.75, 3.05) is 0 Å². The van der Waals surface area contributed by atoms with Gasteiger partial charge in [0.1, 0.15) is 5.76 Å². The number of ketones is 1. The zero-order valence-electron chi connectivity index (χ0n) is 15.8. The molecule has 0 saturated heterocycles. The monoisotopic (exact) mass is 346 g/mol. The lowest BCUT2D eigenvalue weighted by Gasteiger charge is -2.12. The Kier molecular flexibility index (Phi) is 5.41. The number of carbonyl (C=O) groups is 1. The van der Waals surface area contributed by atoms with Crippen molar-refractivity contribution in [3.05, 3.63) is 63.7 Å². The smallest absolute Gasteiger partial charge is 0.167 e. The molecule has 0 atom stereocenters. The fourth-order valence-electron chi connectivity index (χ4n) is 3.66. The topological polar surface area (TPSA) is 37.3 Å². The van der Waals surface area contributed by atoms with E-state index in [1.807, 2.05) is 0 Å². The minimum absolute atomic E-state index is 0.0466. The lowest BCUT2D eigenvalue weighted by Crippen LogP contribution is -2.23. The highest BCUT2D eigenvalue weighted by molar-refractivity contribution is 6.23. The van der Waals surface area contributed by atoms with Gasteiger partial charge in [-0.15, -0.1) is 0 Å². The molecule has 2 aromatic rings. The van der Waals surface area contributed by atoms with Crippen LogP contribution in [0.2, 0.25) is 0 Å². The molecule has 1 aliphatic carbocycles. The molecule has 0 heterocycles. The highest BCUT2D eigenvalue weighted by Gasteiger charge is 2.25.